The van der Waals surface area contributed by atoms with Gasteiger partial charge >= 0.3 is 0 Å². The Morgan fingerprint density at radius 3 is 2.58 bits per heavy atom. The van der Waals surface area contributed by atoms with Crippen LogP contribution in [0.3, 0.4) is 0 Å². The quantitative estimate of drug-likeness (QED) is 0.826. The highest BCUT2D eigenvalue weighted by Crippen LogP contribution is 2.34. The summed E-state index contributed by atoms with van der Waals surface area (Å²) in [4.78, 5) is 14.9. The van der Waals surface area contributed by atoms with Crippen LogP contribution in [0, 0.1) is 0 Å². The number of sulfone groups is 1. The van der Waals surface area contributed by atoms with Crippen molar-refractivity contribution in [2.45, 2.75) is 57.0 Å². The molecule has 0 N–H and O–H groups in total. The van der Waals surface area contributed by atoms with Gasteiger partial charge in [0.05, 0.1) is 24.2 Å². The number of carbonyl (C=O) groups excluding carboxylic acids is 1. The third-order valence-corrected chi connectivity index (χ3v) is 7.79. The molecule has 3 aliphatic rings. The number of nitrogens with zero attached hydrogens (tertiary/aromatic N) is 1. The summed E-state index contributed by atoms with van der Waals surface area (Å²) < 4.78 is 29.4. The summed E-state index contributed by atoms with van der Waals surface area (Å²) in [5.74, 6) is 0.363. The number of rotatable bonds is 4. The van der Waals surface area contributed by atoms with Crippen molar-refractivity contribution in [2.24, 2.45) is 0 Å². The molecule has 1 aliphatic heterocycles. The molecular weight excluding hydrogens is 350 g/mol. The van der Waals surface area contributed by atoms with Gasteiger partial charge in [-0.3, -0.25) is 4.79 Å². The summed E-state index contributed by atoms with van der Waals surface area (Å²) in [6.45, 7) is 0. The number of hydrogen-bond acceptors (Lipinski definition) is 4. The van der Waals surface area contributed by atoms with Crippen LogP contribution >= 0.6 is 0 Å². The lowest BCUT2D eigenvalue weighted by molar-refractivity contribution is -0.133. The maximum Gasteiger partial charge on any atom is 0.227 e. The van der Waals surface area contributed by atoms with Gasteiger partial charge in [0.25, 0.3) is 0 Å². The van der Waals surface area contributed by atoms with Gasteiger partial charge in [-0.05, 0) is 61.8 Å². The molecule has 6 heteroatoms. The van der Waals surface area contributed by atoms with E-state index in [2.05, 4.69) is 12.1 Å². The molecule has 2 fully saturated rings. The number of amides is 1. The monoisotopic (exact) mass is 373 g/mol. The van der Waals surface area contributed by atoms with Crippen LogP contribution in [0.25, 0.3) is 11.0 Å². The van der Waals surface area contributed by atoms with Crippen molar-refractivity contribution in [3.8, 4) is 0 Å². The van der Waals surface area contributed by atoms with Crippen LogP contribution in [0.2, 0.25) is 0 Å². The Hall–Kier alpha value is -1.82. The van der Waals surface area contributed by atoms with Gasteiger partial charge in [-0.15, -0.1) is 0 Å². The molecule has 138 valence electrons. The molecule has 0 bridgehead atoms. The van der Waals surface area contributed by atoms with Crippen molar-refractivity contribution < 1.29 is 17.6 Å². The molecule has 1 amide bonds. The Balaban J connectivity index is 1.41. The Bertz CT molecular complexity index is 987. The van der Waals surface area contributed by atoms with E-state index >= 15 is 0 Å². The van der Waals surface area contributed by atoms with E-state index in [1.807, 2.05) is 4.90 Å². The number of carbonyl (C=O) groups is 1. The fourth-order valence-corrected chi connectivity index (χ4v) is 6.30. The van der Waals surface area contributed by atoms with E-state index < -0.39 is 9.84 Å². The predicted molar refractivity (Wildman–Crippen MR) is 98.9 cm³/mol. The molecule has 0 radical (unpaired) electrons. The van der Waals surface area contributed by atoms with Crippen LogP contribution in [0.5, 0.6) is 0 Å². The van der Waals surface area contributed by atoms with E-state index in [1.165, 1.54) is 17.5 Å². The largest absolute Gasteiger partial charge is 0.464 e. The van der Waals surface area contributed by atoms with Gasteiger partial charge < -0.3 is 9.32 Å². The van der Waals surface area contributed by atoms with Crippen molar-refractivity contribution in [1.29, 1.82) is 0 Å². The van der Waals surface area contributed by atoms with Gasteiger partial charge in [0.2, 0.25) is 5.91 Å². The first-order chi connectivity index (χ1) is 12.5. The zero-order valence-electron chi connectivity index (χ0n) is 14.7. The Labute approximate surface area is 153 Å². The fraction of sp³-hybridized carbons (Fsp3) is 0.550. The van der Waals surface area contributed by atoms with E-state index in [-0.39, 0.29) is 29.5 Å². The summed E-state index contributed by atoms with van der Waals surface area (Å²) in [6.07, 6.45) is 7.92. The lowest BCUT2D eigenvalue weighted by Gasteiger charge is -2.28. The SMILES string of the molecule is O=C(Cc1coc2cc3c(cc12)CCC3)N(C1CC1)C1CCS(=O)(=O)C1. The second-order valence-electron chi connectivity index (χ2n) is 8.00. The predicted octanol–water partition coefficient (Wildman–Crippen LogP) is 2.64. The topological polar surface area (TPSA) is 67.6 Å². The number of furan rings is 1. The van der Waals surface area contributed by atoms with Gasteiger partial charge in [0.15, 0.2) is 9.84 Å². The number of hydrogen-bond donors (Lipinski definition) is 0. The average Bonchev–Trinajstić information content (AvgIpc) is 3.02. The second-order valence-corrected chi connectivity index (χ2v) is 10.2. The Morgan fingerprint density at radius 2 is 1.88 bits per heavy atom. The molecule has 2 aromatic rings. The normalized spacial score (nSPS) is 24.1. The summed E-state index contributed by atoms with van der Waals surface area (Å²) in [6, 6.07) is 4.38. The molecule has 2 aliphatic carbocycles. The minimum atomic E-state index is -3.00. The van der Waals surface area contributed by atoms with E-state index in [9.17, 15) is 13.2 Å². The van der Waals surface area contributed by atoms with Crippen LogP contribution in [0.4, 0.5) is 0 Å². The number of fused-ring (bicyclic) bond motifs is 2. The number of benzene rings is 1. The third-order valence-electron chi connectivity index (χ3n) is 6.04. The molecule has 5 rings (SSSR count). The standard InChI is InChI=1S/C20H23NO4S/c22-20(21(16-4-5-16)17-6-7-26(23,24)12-17)10-15-11-25-19-9-14-3-1-2-13(14)8-18(15)19/h8-9,11,16-17H,1-7,10,12H2. The van der Waals surface area contributed by atoms with Crippen molar-refractivity contribution in [3.05, 3.63) is 35.1 Å². The summed E-state index contributed by atoms with van der Waals surface area (Å²) >= 11 is 0. The van der Waals surface area contributed by atoms with Crippen molar-refractivity contribution in [2.75, 3.05) is 11.5 Å². The third kappa shape index (κ3) is 2.84. The van der Waals surface area contributed by atoms with Gasteiger partial charge in [-0.25, -0.2) is 8.42 Å². The highest BCUT2D eigenvalue weighted by molar-refractivity contribution is 7.91. The van der Waals surface area contributed by atoms with E-state index in [4.69, 9.17) is 4.42 Å². The zero-order valence-corrected chi connectivity index (χ0v) is 15.6. The average molecular weight is 373 g/mol. The minimum Gasteiger partial charge on any atom is -0.464 e. The molecule has 1 saturated carbocycles. The van der Waals surface area contributed by atoms with Crippen LogP contribution < -0.4 is 0 Å². The smallest absolute Gasteiger partial charge is 0.227 e. The fourth-order valence-electron chi connectivity index (χ4n) is 4.59. The first-order valence-corrected chi connectivity index (χ1v) is 11.4. The molecular formula is C20H23NO4S. The molecule has 2 heterocycles. The van der Waals surface area contributed by atoms with Gasteiger partial charge in [-0.2, -0.15) is 0 Å². The molecule has 1 aromatic heterocycles. The van der Waals surface area contributed by atoms with E-state index in [0.717, 1.165) is 42.2 Å². The molecule has 5 nitrogen and oxygen atoms in total. The highest BCUT2D eigenvalue weighted by Gasteiger charge is 2.42. The first kappa shape index (κ1) is 16.4. The Morgan fingerprint density at radius 1 is 1.12 bits per heavy atom. The minimum absolute atomic E-state index is 0.0396. The van der Waals surface area contributed by atoms with Crippen LogP contribution in [-0.2, 0) is 33.9 Å². The van der Waals surface area contributed by atoms with Gasteiger partial charge in [-0.1, -0.05) is 0 Å². The molecule has 0 spiro atoms. The maximum absolute atomic E-state index is 13.1. The van der Waals surface area contributed by atoms with Crippen molar-refractivity contribution in [1.82, 2.24) is 4.90 Å². The van der Waals surface area contributed by atoms with E-state index in [1.54, 1.807) is 6.26 Å². The van der Waals surface area contributed by atoms with Crippen molar-refractivity contribution >= 4 is 26.7 Å². The summed E-state index contributed by atoms with van der Waals surface area (Å²) in [5, 5.41) is 1.04. The van der Waals surface area contributed by atoms with E-state index in [0.29, 0.717) is 12.8 Å². The summed E-state index contributed by atoms with van der Waals surface area (Å²) in [7, 11) is -3.00. The second kappa shape index (κ2) is 5.84. The van der Waals surface area contributed by atoms with Gasteiger partial charge in [0, 0.05) is 23.0 Å². The van der Waals surface area contributed by atoms with Crippen LogP contribution in [-0.4, -0.2) is 42.8 Å². The van der Waals surface area contributed by atoms with Crippen LogP contribution in [0.15, 0.2) is 22.8 Å². The van der Waals surface area contributed by atoms with Crippen molar-refractivity contribution in [3.63, 3.8) is 0 Å². The number of aryl methyl sites for hydroxylation is 2. The lowest BCUT2D eigenvalue weighted by Crippen LogP contribution is -2.43. The molecule has 1 aromatic carbocycles. The lowest BCUT2D eigenvalue weighted by atomic mass is 10.0. The highest BCUT2D eigenvalue weighted by atomic mass is 32.2. The first-order valence-electron chi connectivity index (χ1n) is 9.54. The summed E-state index contributed by atoms with van der Waals surface area (Å²) in [5.41, 5.74) is 4.51. The van der Waals surface area contributed by atoms with Crippen LogP contribution in [0.1, 0.15) is 42.4 Å². The Kier molecular flexibility index (Phi) is 3.68. The molecule has 1 atom stereocenters. The zero-order chi connectivity index (χ0) is 17.9. The molecule has 1 unspecified atom stereocenters. The maximum atomic E-state index is 13.1. The molecule has 26 heavy (non-hydrogen) atoms. The van der Waals surface area contributed by atoms with Gasteiger partial charge in [0.1, 0.15) is 5.58 Å². The molecule has 1 saturated heterocycles.